The monoisotopic (exact) mass is 340 g/mol. The van der Waals surface area contributed by atoms with Crippen LogP contribution in [0.15, 0.2) is 42.9 Å². The molecule has 0 bridgehead atoms. The Morgan fingerprint density at radius 3 is 2.56 bits per heavy atom. The molecular weight excluding hydrogens is 316 g/mol. The number of nitrogens with one attached hydrogen (secondary N) is 1. The highest BCUT2D eigenvalue weighted by molar-refractivity contribution is 5.69. The first-order chi connectivity index (χ1) is 11.9. The molecular formula is C18H24N6O. The smallest absolute Gasteiger partial charge is 0.168 e. The molecule has 0 spiro atoms. The van der Waals surface area contributed by atoms with E-state index in [1.807, 2.05) is 34.9 Å². The fourth-order valence-electron chi connectivity index (χ4n) is 2.66. The molecule has 0 amide bonds. The molecule has 1 aromatic carbocycles. The van der Waals surface area contributed by atoms with Gasteiger partial charge in [0.2, 0.25) is 0 Å². The summed E-state index contributed by atoms with van der Waals surface area (Å²) in [5.74, 6) is 0.341. The van der Waals surface area contributed by atoms with Crippen LogP contribution >= 0.6 is 0 Å². The third-order valence-corrected chi connectivity index (χ3v) is 4.33. The molecule has 0 radical (unpaired) electrons. The van der Waals surface area contributed by atoms with Crippen molar-refractivity contribution in [3.8, 4) is 0 Å². The van der Waals surface area contributed by atoms with Gasteiger partial charge in [0.05, 0.1) is 18.6 Å². The summed E-state index contributed by atoms with van der Waals surface area (Å²) in [7, 11) is 0. The van der Waals surface area contributed by atoms with E-state index in [1.54, 1.807) is 19.4 Å². The Morgan fingerprint density at radius 2 is 1.92 bits per heavy atom. The van der Waals surface area contributed by atoms with Crippen LogP contribution in [0.3, 0.4) is 0 Å². The molecule has 7 heteroatoms. The normalized spacial score (nSPS) is 15.4. The van der Waals surface area contributed by atoms with Gasteiger partial charge in [0.15, 0.2) is 17.1 Å². The van der Waals surface area contributed by atoms with E-state index in [2.05, 4.69) is 34.1 Å². The van der Waals surface area contributed by atoms with E-state index >= 15 is 0 Å². The Labute approximate surface area is 146 Å². The maximum Gasteiger partial charge on any atom is 0.168 e. The highest BCUT2D eigenvalue weighted by Crippen LogP contribution is 2.21. The molecule has 0 aliphatic carbocycles. The van der Waals surface area contributed by atoms with E-state index in [1.165, 1.54) is 0 Å². The average molecular weight is 340 g/mol. The summed E-state index contributed by atoms with van der Waals surface area (Å²) in [6, 6.07) is 10.1. The van der Waals surface area contributed by atoms with Crippen LogP contribution < -0.4 is 11.1 Å². The second-order valence-electron chi connectivity index (χ2n) is 6.53. The Morgan fingerprint density at radius 1 is 1.20 bits per heavy atom. The van der Waals surface area contributed by atoms with E-state index in [0.717, 1.165) is 5.56 Å². The van der Waals surface area contributed by atoms with Crippen molar-refractivity contribution in [1.82, 2.24) is 24.8 Å². The Balaban J connectivity index is 1.96. The van der Waals surface area contributed by atoms with Crippen molar-refractivity contribution in [2.75, 3.05) is 0 Å². The number of hydrogen-bond donors (Lipinski definition) is 3. The van der Waals surface area contributed by atoms with Crippen molar-refractivity contribution in [3.63, 3.8) is 0 Å². The quantitative estimate of drug-likeness (QED) is 0.590. The van der Waals surface area contributed by atoms with Crippen LogP contribution in [-0.4, -0.2) is 30.7 Å². The average Bonchev–Trinajstić information content (AvgIpc) is 3.03. The lowest BCUT2D eigenvalue weighted by molar-refractivity contribution is 0.0684. The lowest BCUT2D eigenvalue weighted by Gasteiger charge is -2.32. The molecule has 2 aromatic heterocycles. The number of aromatic nitrogens is 4. The van der Waals surface area contributed by atoms with Gasteiger partial charge in [-0.2, -0.15) is 0 Å². The van der Waals surface area contributed by atoms with Crippen molar-refractivity contribution >= 4 is 11.2 Å². The first-order valence-electron chi connectivity index (χ1n) is 8.37. The largest absolute Gasteiger partial charge is 0.390 e. The van der Waals surface area contributed by atoms with Gasteiger partial charge in [-0.25, -0.2) is 15.0 Å². The molecule has 4 N–H and O–H groups in total. The maximum atomic E-state index is 10.3. The van der Waals surface area contributed by atoms with Gasteiger partial charge in [0.1, 0.15) is 5.52 Å². The van der Waals surface area contributed by atoms with Gasteiger partial charge in [-0.05, 0) is 26.3 Å². The number of nitrogens with two attached hydrogens (primary N) is 1. The second kappa shape index (κ2) is 6.87. The SMILES string of the molecule is CC(C)n1cnc2cnc(C(N)(NCc3ccccc3)C(C)O)nc21. The summed E-state index contributed by atoms with van der Waals surface area (Å²) in [4.78, 5) is 13.3. The third-order valence-electron chi connectivity index (χ3n) is 4.33. The molecule has 2 atom stereocenters. The van der Waals surface area contributed by atoms with E-state index in [4.69, 9.17) is 5.73 Å². The van der Waals surface area contributed by atoms with Gasteiger partial charge in [-0.3, -0.25) is 5.32 Å². The molecule has 7 nitrogen and oxygen atoms in total. The minimum Gasteiger partial charge on any atom is -0.390 e. The molecule has 25 heavy (non-hydrogen) atoms. The Hall–Kier alpha value is -2.35. The van der Waals surface area contributed by atoms with E-state index in [9.17, 15) is 5.11 Å². The number of nitrogens with zero attached hydrogens (tertiary/aromatic N) is 4. The van der Waals surface area contributed by atoms with Crippen molar-refractivity contribution in [1.29, 1.82) is 0 Å². The standard InChI is InChI=1S/C18H24N6O/c1-12(2)24-11-21-15-10-20-17(23-16(15)24)18(19,13(3)25)22-9-14-7-5-4-6-8-14/h4-8,10-13,22,25H,9,19H2,1-3H3. The number of hydrogen-bond acceptors (Lipinski definition) is 6. The molecule has 2 unspecified atom stereocenters. The minimum absolute atomic E-state index is 0.212. The van der Waals surface area contributed by atoms with Crippen LogP contribution in [-0.2, 0) is 12.2 Å². The first-order valence-corrected chi connectivity index (χ1v) is 8.37. The van der Waals surface area contributed by atoms with Crippen LogP contribution in [0, 0.1) is 0 Å². The predicted octanol–water partition coefficient (Wildman–Crippen LogP) is 1.69. The van der Waals surface area contributed by atoms with E-state index in [0.29, 0.717) is 23.5 Å². The zero-order chi connectivity index (χ0) is 18.0. The van der Waals surface area contributed by atoms with Gasteiger partial charge in [-0.1, -0.05) is 30.3 Å². The van der Waals surface area contributed by atoms with E-state index < -0.39 is 11.8 Å². The fraction of sp³-hybridized carbons (Fsp3) is 0.389. The molecule has 0 aliphatic heterocycles. The van der Waals surface area contributed by atoms with Crippen molar-refractivity contribution in [3.05, 3.63) is 54.2 Å². The minimum atomic E-state index is -1.27. The van der Waals surface area contributed by atoms with Crippen LogP contribution in [0.2, 0.25) is 0 Å². The highest BCUT2D eigenvalue weighted by atomic mass is 16.3. The molecule has 132 valence electrons. The fourth-order valence-corrected chi connectivity index (χ4v) is 2.66. The molecule has 2 heterocycles. The second-order valence-corrected chi connectivity index (χ2v) is 6.53. The molecule has 0 saturated carbocycles. The predicted molar refractivity (Wildman–Crippen MR) is 96.5 cm³/mol. The molecule has 0 saturated heterocycles. The van der Waals surface area contributed by atoms with Gasteiger partial charge < -0.3 is 15.4 Å². The summed E-state index contributed by atoms with van der Waals surface area (Å²) in [6.45, 7) is 6.24. The summed E-state index contributed by atoms with van der Waals surface area (Å²) in [6.07, 6.45) is 2.50. The summed E-state index contributed by atoms with van der Waals surface area (Å²) in [5.41, 5.74) is 7.68. The number of rotatable bonds is 6. The summed E-state index contributed by atoms with van der Waals surface area (Å²) in [5, 5.41) is 13.5. The van der Waals surface area contributed by atoms with Gasteiger partial charge >= 0.3 is 0 Å². The lowest BCUT2D eigenvalue weighted by atomic mass is 10.0. The number of aliphatic hydroxyl groups excluding tert-OH is 1. The zero-order valence-electron chi connectivity index (χ0n) is 14.7. The first kappa shape index (κ1) is 17.5. The lowest BCUT2D eigenvalue weighted by Crippen LogP contribution is -2.58. The topological polar surface area (TPSA) is 102 Å². The number of aliphatic hydroxyl groups is 1. The van der Waals surface area contributed by atoms with Crippen molar-refractivity contribution in [2.24, 2.45) is 5.73 Å². The van der Waals surface area contributed by atoms with Crippen LogP contribution in [0.4, 0.5) is 0 Å². The van der Waals surface area contributed by atoms with Crippen molar-refractivity contribution in [2.45, 2.75) is 45.1 Å². The third kappa shape index (κ3) is 3.39. The number of fused-ring (bicyclic) bond motifs is 1. The summed E-state index contributed by atoms with van der Waals surface area (Å²) >= 11 is 0. The molecule has 0 aliphatic rings. The molecule has 0 fully saturated rings. The maximum absolute atomic E-state index is 10.3. The van der Waals surface area contributed by atoms with Gasteiger partial charge in [0, 0.05) is 12.6 Å². The van der Waals surface area contributed by atoms with Gasteiger partial charge in [-0.15, -0.1) is 0 Å². The summed E-state index contributed by atoms with van der Waals surface area (Å²) < 4.78 is 1.96. The Kier molecular flexibility index (Phi) is 4.80. The van der Waals surface area contributed by atoms with E-state index in [-0.39, 0.29) is 6.04 Å². The van der Waals surface area contributed by atoms with Crippen molar-refractivity contribution < 1.29 is 5.11 Å². The highest BCUT2D eigenvalue weighted by Gasteiger charge is 2.36. The van der Waals surface area contributed by atoms with Crippen LogP contribution in [0.1, 0.15) is 38.2 Å². The van der Waals surface area contributed by atoms with Crippen LogP contribution in [0.5, 0.6) is 0 Å². The zero-order valence-corrected chi connectivity index (χ0v) is 14.7. The molecule has 3 rings (SSSR count). The molecule has 3 aromatic rings. The van der Waals surface area contributed by atoms with Crippen LogP contribution in [0.25, 0.3) is 11.2 Å². The van der Waals surface area contributed by atoms with Gasteiger partial charge in [0.25, 0.3) is 0 Å². The number of imidazole rings is 1. The Bertz CT molecular complexity index is 845. The number of benzene rings is 1.